The molecular formula is C15H20BrNO4S. The van der Waals surface area contributed by atoms with Gasteiger partial charge in [-0.05, 0) is 61.7 Å². The number of carbonyl (C=O) groups excluding carboxylic acids is 1. The van der Waals surface area contributed by atoms with E-state index in [9.17, 15) is 13.2 Å². The minimum Gasteiger partial charge on any atom is -0.444 e. The molecule has 22 heavy (non-hydrogen) atoms. The monoisotopic (exact) mass is 389 g/mol. The van der Waals surface area contributed by atoms with E-state index in [4.69, 9.17) is 4.74 Å². The van der Waals surface area contributed by atoms with Crippen molar-refractivity contribution in [3.8, 4) is 0 Å². The molecule has 1 aromatic carbocycles. The van der Waals surface area contributed by atoms with Crippen molar-refractivity contribution in [2.24, 2.45) is 0 Å². The van der Waals surface area contributed by atoms with Crippen LogP contribution in [-0.2, 0) is 14.6 Å². The largest absolute Gasteiger partial charge is 0.444 e. The van der Waals surface area contributed by atoms with Crippen molar-refractivity contribution < 1.29 is 17.9 Å². The summed E-state index contributed by atoms with van der Waals surface area (Å²) < 4.78 is 30.8. The molecule has 1 aliphatic rings. The fraction of sp³-hybridized carbons (Fsp3) is 0.533. The zero-order valence-corrected chi connectivity index (χ0v) is 15.3. The summed E-state index contributed by atoms with van der Waals surface area (Å²) in [6.45, 7) is 5.30. The third kappa shape index (κ3) is 4.46. The van der Waals surface area contributed by atoms with Crippen molar-refractivity contribution in [2.75, 3.05) is 5.75 Å². The van der Waals surface area contributed by atoms with Crippen molar-refractivity contribution >= 4 is 31.9 Å². The highest BCUT2D eigenvalue weighted by Gasteiger charge is 2.48. The maximum absolute atomic E-state index is 12.6. The molecule has 1 aromatic rings. The summed E-state index contributed by atoms with van der Waals surface area (Å²) in [7, 11) is -3.49. The number of sulfone groups is 1. The molecule has 0 spiro atoms. The number of alkyl carbamates (subject to hydrolysis) is 1. The Morgan fingerprint density at radius 3 is 2.41 bits per heavy atom. The molecule has 0 heterocycles. The number of halogens is 1. The van der Waals surface area contributed by atoms with Crippen molar-refractivity contribution in [1.82, 2.24) is 5.32 Å². The molecule has 2 rings (SSSR count). The van der Waals surface area contributed by atoms with E-state index in [-0.39, 0.29) is 10.6 Å². The number of benzene rings is 1. The highest BCUT2D eigenvalue weighted by Crippen LogP contribution is 2.39. The van der Waals surface area contributed by atoms with Crippen LogP contribution in [-0.4, -0.2) is 31.4 Å². The zero-order chi connectivity index (χ0) is 16.6. The Morgan fingerprint density at radius 2 is 1.91 bits per heavy atom. The first-order valence-corrected chi connectivity index (χ1v) is 9.46. The maximum Gasteiger partial charge on any atom is 0.408 e. The Balaban J connectivity index is 2.10. The minimum atomic E-state index is -3.49. The van der Waals surface area contributed by atoms with Gasteiger partial charge in [-0.2, -0.15) is 0 Å². The molecule has 0 unspecified atom stereocenters. The summed E-state index contributed by atoms with van der Waals surface area (Å²) in [6.07, 6.45) is 0.693. The van der Waals surface area contributed by atoms with Crippen LogP contribution >= 0.6 is 15.9 Å². The average Bonchev–Trinajstić information content (AvgIpc) is 3.04. The topological polar surface area (TPSA) is 72.5 Å². The molecule has 7 heteroatoms. The molecule has 122 valence electrons. The summed E-state index contributed by atoms with van der Waals surface area (Å²) in [4.78, 5) is 12.1. The SMILES string of the molecule is CC(C)(C)OC(=O)NC1(CS(=O)(=O)c2ccccc2Br)CC1. The number of hydrogen-bond acceptors (Lipinski definition) is 4. The van der Waals surface area contributed by atoms with E-state index >= 15 is 0 Å². The van der Waals surface area contributed by atoms with Gasteiger partial charge in [0.1, 0.15) is 5.60 Å². The minimum absolute atomic E-state index is 0.123. The van der Waals surface area contributed by atoms with Crippen LogP contribution in [0, 0.1) is 0 Å². The lowest BCUT2D eigenvalue weighted by molar-refractivity contribution is 0.0502. The molecule has 0 radical (unpaired) electrons. The highest BCUT2D eigenvalue weighted by atomic mass is 79.9. The van der Waals surface area contributed by atoms with Gasteiger partial charge in [-0.25, -0.2) is 13.2 Å². The third-order valence-electron chi connectivity index (χ3n) is 3.26. The Kier molecular flexibility index (Phi) is 4.59. The van der Waals surface area contributed by atoms with Crippen molar-refractivity contribution in [2.45, 2.75) is 49.6 Å². The van der Waals surface area contributed by atoms with Crippen LogP contribution in [0.25, 0.3) is 0 Å². The van der Waals surface area contributed by atoms with Gasteiger partial charge >= 0.3 is 6.09 Å². The first-order valence-electron chi connectivity index (χ1n) is 7.02. The van der Waals surface area contributed by atoms with Gasteiger partial charge in [-0.15, -0.1) is 0 Å². The van der Waals surface area contributed by atoms with Crippen molar-refractivity contribution in [3.05, 3.63) is 28.7 Å². The molecule has 0 aromatic heterocycles. The van der Waals surface area contributed by atoms with Crippen LogP contribution in [0.1, 0.15) is 33.6 Å². The van der Waals surface area contributed by atoms with E-state index in [2.05, 4.69) is 21.2 Å². The van der Waals surface area contributed by atoms with Crippen LogP contribution in [0.4, 0.5) is 4.79 Å². The Labute approximate surface area is 139 Å². The summed E-state index contributed by atoms with van der Waals surface area (Å²) in [5, 5.41) is 2.71. The number of amides is 1. The van der Waals surface area contributed by atoms with E-state index in [0.29, 0.717) is 17.3 Å². The Bertz CT molecular complexity index is 675. The Morgan fingerprint density at radius 1 is 1.32 bits per heavy atom. The molecule has 0 saturated heterocycles. The normalized spacial score (nSPS) is 16.9. The van der Waals surface area contributed by atoms with Crippen molar-refractivity contribution in [1.29, 1.82) is 0 Å². The fourth-order valence-electron chi connectivity index (χ4n) is 2.11. The number of nitrogens with one attached hydrogen (secondary N) is 1. The quantitative estimate of drug-likeness (QED) is 0.857. The predicted molar refractivity (Wildman–Crippen MR) is 87.5 cm³/mol. The third-order valence-corrected chi connectivity index (χ3v) is 6.17. The summed E-state index contributed by atoms with van der Waals surface area (Å²) in [6, 6.07) is 6.68. The van der Waals surface area contributed by atoms with Crippen LogP contribution in [0.5, 0.6) is 0 Å². The second-order valence-electron chi connectivity index (χ2n) is 6.60. The molecule has 0 aliphatic heterocycles. The summed E-state index contributed by atoms with van der Waals surface area (Å²) >= 11 is 3.26. The van der Waals surface area contributed by atoms with Gasteiger partial charge in [-0.1, -0.05) is 12.1 Å². The number of carbonyl (C=O) groups is 1. The molecule has 1 N–H and O–H groups in total. The lowest BCUT2D eigenvalue weighted by Gasteiger charge is -2.23. The van der Waals surface area contributed by atoms with Gasteiger partial charge in [0.25, 0.3) is 0 Å². The lowest BCUT2D eigenvalue weighted by atomic mass is 10.2. The fourth-order valence-corrected chi connectivity index (χ4v) is 5.03. The van der Waals surface area contributed by atoms with Crippen molar-refractivity contribution in [3.63, 3.8) is 0 Å². The van der Waals surface area contributed by atoms with Gasteiger partial charge in [0.2, 0.25) is 0 Å². The molecule has 0 bridgehead atoms. The maximum atomic E-state index is 12.6. The lowest BCUT2D eigenvalue weighted by Crippen LogP contribution is -2.44. The molecule has 0 atom stereocenters. The smallest absolute Gasteiger partial charge is 0.408 e. The van der Waals surface area contributed by atoms with Crippen LogP contribution < -0.4 is 5.32 Å². The average molecular weight is 390 g/mol. The van der Waals surface area contributed by atoms with Crippen LogP contribution in [0.3, 0.4) is 0 Å². The first-order chi connectivity index (χ1) is 10.0. The van der Waals surface area contributed by atoms with E-state index in [1.807, 2.05) is 0 Å². The molecule has 1 aliphatic carbocycles. The van der Waals surface area contributed by atoms with Gasteiger partial charge in [-0.3, -0.25) is 0 Å². The summed E-state index contributed by atoms with van der Waals surface area (Å²) in [5.41, 5.74) is -1.32. The van der Waals surface area contributed by atoms with Gasteiger partial charge < -0.3 is 10.1 Å². The first kappa shape index (κ1) is 17.3. The molecule has 1 amide bonds. The van der Waals surface area contributed by atoms with Crippen LogP contribution in [0.2, 0.25) is 0 Å². The van der Waals surface area contributed by atoms with E-state index < -0.39 is 27.1 Å². The van der Waals surface area contributed by atoms with Gasteiger partial charge in [0.05, 0.1) is 16.2 Å². The van der Waals surface area contributed by atoms with E-state index in [0.717, 1.165) is 0 Å². The number of hydrogen-bond donors (Lipinski definition) is 1. The zero-order valence-electron chi connectivity index (χ0n) is 12.8. The standard InChI is InChI=1S/C15H20BrNO4S/c1-14(2,3)21-13(18)17-15(8-9-15)10-22(19,20)12-7-5-4-6-11(12)16/h4-7H,8-10H2,1-3H3,(H,17,18). The number of rotatable bonds is 4. The highest BCUT2D eigenvalue weighted by molar-refractivity contribution is 9.10. The van der Waals surface area contributed by atoms with Gasteiger partial charge in [0.15, 0.2) is 9.84 Å². The number of ether oxygens (including phenoxy) is 1. The molecule has 1 saturated carbocycles. The van der Waals surface area contributed by atoms with E-state index in [1.54, 1.807) is 45.0 Å². The second-order valence-corrected chi connectivity index (χ2v) is 9.41. The molecular weight excluding hydrogens is 370 g/mol. The second kappa shape index (κ2) is 5.85. The van der Waals surface area contributed by atoms with Crippen LogP contribution in [0.15, 0.2) is 33.6 Å². The molecule has 1 fully saturated rings. The Hall–Kier alpha value is -1.08. The van der Waals surface area contributed by atoms with Gasteiger partial charge in [0, 0.05) is 4.47 Å². The van der Waals surface area contributed by atoms with E-state index in [1.165, 1.54) is 0 Å². The molecule has 5 nitrogen and oxygen atoms in total. The predicted octanol–water partition coefficient (Wildman–Crippen LogP) is 3.28. The summed E-state index contributed by atoms with van der Waals surface area (Å²) in [5.74, 6) is -0.123.